The molecule has 142 valence electrons. The molecule has 0 bridgehead atoms. The van der Waals surface area contributed by atoms with Gasteiger partial charge in [-0.05, 0) is 66.1 Å². The molecule has 2 N–H and O–H groups in total. The van der Waals surface area contributed by atoms with Crippen LogP contribution in [0.15, 0.2) is 0 Å². The van der Waals surface area contributed by atoms with Gasteiger partial charge in [-0.15, -0.1) is 6.54 Å². The Hall–Kier alpha value is 1.09. The third kappa shape index (κ3) is 17.9. The molecule has 1 aliphatic heterocycles. The van der Waals surface area contributed by atoms with Gasteiger partial charge in [0.1, 0.15) is 5.78 Å². The predicted molar refractivity (Wildman–Crippen MR) is 102 cm³/mol. The van der Waals surface area contributed by atoms with E-state index in [1.54, 1.807) is 6.92 Å². The van der Waals surface area contributed by atoms with Crippen molar-refractivity contribution in [3.8, 4) is 0 Å². The summed E-state index contributed by atoms with van der Waals surface area (Å²) in [5, 5.41) is 11.4. The number of nitrogens with zero attached hydrogens (tertiary/aromatic N) is 2. The molecule has 1 rings (SSSR count). The van der Waals surface area contributed by atoms with E-state index < -0.39 is 14.7 Å². The summed E-state index contributed by atoms with van der Waals surface area (Å²) in [5.41, 5.74) is 0. The Balaban J connectivity index is 0.00000118. The summed E-state index contributed by atoms with van der Waals surface area (Å²) in [6.45, 7) is 8.70. The number of halogens is 3. The van der Waals surface area contributed by atoms with Gasteiger partial charge in [0.05, 0.1) is 0 Å². The van der Waals surface area contributed by atoms with E-state index in [2.05, 4.69) is 27.9 Å². The van der Waals surface area contributed by atoms with Crippen LogP contribution in [0, 0.1) is 0 Å². The van der Waals surface area contributed by atoms with Crippen LogP contribution in [-0.4, -0.2) is 69.6 Å². The molecule has 1 unspecified atom stereocenters. The van der Waals surface area contributed by atoms with Crippen LogP contribution in [0.3, 0.4) is 0 Å². The summed E-state index contributed by atoms with van der Waals surface area (Å²) in [6.07, 6.45) is 4.20. The third-order valence-electron chi connectivity index (χ3n) is 3.71. The molecular formula is C15H31Cl3N4OTi. The van der Waals surface area contributed by atoms with E-state index in [1.165, 1.54) is 6.42 Å². The number of carbonyl (C=O) groups is 1. The van der Waals surface area contributed by atoms with E-state index in [0.29, 0.717) is 0 Å². The maximum absolute atomic E-state index is 11.6. The van der Waals surface area contributed by atoms with Gasteiger partial charge >= 0.3 is 42.6 Å². The van der Waals surface area contributed by atoms with Crippen LogP contribution in [0.25, 0.3) is 5.32 Å². The molecule has 1 atom stereocenters. The van der Waals surface area contributed by atoms with Gasteiger partial charge in [0, 0.05) is 0 Å². The molecule has 1 heterocycles. The van der Waals surface area contributed by atoms with E-state index in [1.807, 2.05) is 0 Å². The van der Waals surface area contributed by atoms with Gasteiger partial charge in [0.2, 0.25) is 0 Å². The fourth-order valence-corrected chi connectivity index (χ4v) is 2.42. The zero-order valence-corrected chi connectivity index (χ0v) is 18.6. The van der Waals surface area contributed by atoms with Crippen LogP contribution in [0.4, 0.5) is 0 Å². The molecule has 0 radical (unpaired) electrons. The molecule has 0 saturated carbocycles. The van der Waals surface area contributed by atoms with Crippen LogP contribution >= 0.6 is 27.9 Å². The maximum atomic E-state index is 11.6. The van der Waals surface area contributed by atoms with Gasteiger partial charge in [-0.25, -0.2) is 0 Å². The van der Waals surface area contributed by atoms with Gasteiger partial charge in [-0.3, -0.25) is 0 Å². The van der Waals surface area contributed by atoms with Crippen molar-refractivity contribution >= 4 is 33.7 Å². The van der Waals surface area contributed by atoms with Crippen molar-refractivity contribution in [2.75, 3.05) is 52.9 Å². The Morgan fingerprint density at radius 2 is 1.58 bits per heavy atom. The van der Waals surface area contributed by atoms with Crippen LogP contribution < -0.4 is 10.6 Å². The molecule has 5 nitrogen and oxygen atoms in total. The number of Topliss-reactive ketones (excluding diaryl/α,β-unsaturated/α-hetero) is 1. The fourth-order valence-electron chi connectivity index (χ4n) is 2.42. The second-order valence-electron chi connectivity index (χ2n) is 5.90. The average molecular weight is 438 g/mol. The van der Waals surface area contributed by atoms with Gasteiger partial charge in [0.25, 0.3) is 0 Å². The second kappa shape index (κ2) is 17.5. The first-order valence-corrected chi connectivity index (χ1v) is 15.0. The van der Waals surface area contributed by atoms with Crippen LogP contribution in [0.1, 0.15) is 32.6 Å². The van der Waals surface area contributed by atoms with Crippen molar-refractivity contribution in [1.82, 2.24) is 15.5 Å². The van der Waals surface area contributed by atoms with Crippen molar-refractivity contribution in [3.63, 3.8) is 0 Å². The van der Waals surface area contributed by atoms with Crippen LogP contribution in [0.2, 0.25) is 0 Å². The molecule has 1 aliphatic rings. The summed E-state index contributed by atoms with van der Waals surface area (Å²) in [5.74, 6) is 0.197. The monoisotopic (exact) mass is 436 g/mol. The quantitative estimate of drug-likeness (QED) is 0.619. The summed E-state index contributed by atoms with van der Waals surface area (Å²) in [4.78, 5) is 13.9. The fraction of sp³-hybridized carbons (Fsp3) is 0.933. The van der Waals surface area contributed by atoms with Crippen molar-refractivity contribution < 1.29 is 19.5 Å². The first kappa shape index (κ1) is 25.1. The first-order chi connectivity index (χ1) is 11.4. The number of hydrogen-bond acceptors (Lipinski definition) is 4. The van der Waals surface area contributed by atoms with Gasteiger partial charge in [-0.1, -0.05) is 18.9 Å². The standard InChI is InChI=1S/C15H31N4O.3ClH.Ti/c1-14(20)15-6-11-17-8-3-7-16-9-4-12-19(2)13-5-10-18-15;;;;/h15-17H,3-13H2,1-2H3;3*1H;/q-1;;;;+4/p-3. The zero-order valence-electron chi connectivity index (χ0n) is 14.8. The average Bonchev–Trinajstić information content (AvgIpc) is 2.49. The Labute approximate surface area is 165 Å². The molecule has 1 saturated heterocycles. The molecule has 9 heteroatoms. The van der Waals surface area contributed by atoms with E-state index in [-0.39, 0.29) is 11.8 Å². The topological polar surface area (TPSA) is 58.5 Å². The van der Waals surface area contributed by atoms with Crippen molar-refractivity contribution in [1.29, 1.82) is 0 Å². The molecule has 0 aliphatic carbocycles. The molecule has 0 aromatic heterocycles. The van der Waals surface area contributed by atoms with E-state index in [0.717, 1.165) is 65.1 Å². The number of carbonyl (C=O) groups excluding carboxylic acids is 1. The molecule has 1 fully saturated rings. The molecular weight excluding hydrogens is 406 g/mol. The molecule has 0 spiro atoms. The Morgan fingerprint density at radius 1 is 1.04 bits per heavy atom. The minimum atomic E-state index is -1.92. The number of ketones is 1. The Kier molecular flexibility index (Phi) is 18.3. The normalized spacial score (nSPS) is 23.0. The van der Waals surface area contributed by atoms with Gasteiger partial charge in [0.15, 0.2) is 0 Å². The van der Waals surface area contributed by atoms with E-state index >= 15 is 0 Å². The second-order valence-corrected chi connectivity index (χ2v) is 13.6. The predicted octanol–water partition coefficient (Wildman–Crippen LogP) is 3.07. The SMILES string of the molecule is CC(=O)C1CCNCCCNCCCN(C)CCC[N-]1.[Cl][Ti+]([Cl])[Cl]. The van der Waals surface area contributed by atoms with Gasteiger partial charge < -0.3 is 25.6 Å². The summed E-state index contributed by atoms with van der Waals surface area (Å²) in [7, 11) is 17.1. The molecule has 0 amide bonds. The van der Waals surface area contributed by atoms with E-state index in [9.17, 15) is 4.79 Å². The molecule has 24 heavy (non-hydrogen) atoms. The van der Waals surface area contributed by atoms with Crippen molar-refractivity contribution in [2.24, 2.45) is 0 Å². The summed E-state index contributed by atoms with van der Waals surface area (Å²) < 4.78 is 0. The Morgan fingerprint density at radius 3 is 2.21 bits per heavy atom. The minimum absolute atomic E-state index is 0.112. The summed E-state index contributed by atoms with van der Waals surface area (Å²) in [6, 6.07) is -0.112. The van der Waals surface area contributed by atoms with Crippen molar-refractivity contribution in [3.05, 3.63) is 5.32 Å². The number of nitrogens with one attached hydrogen (secondary N) is 2. The van der Waals surface area contributed by atoms with Gasteiger partial charge in [-0.2, -0.15) is 0 Å². The van der Waals surface area contributed by atoms with E-state index in [4.69, 9.17) is 27.9 Å². The molecule has 0 aromatic rings. The first-order valence-electron chi connectivity index (χ1n) is 8.54. The Bertz CT molecular complexity index is 312. The number of rotatable bonds is 1. The zero-order chi connectivity index (χ0) is 18.2. The number of hydrogen-bond donors (Lipinski definition) is 2. The van der Waals surface area contributed by atoms with Crippen molar-refractivity contribution in [2.45, 2.75) is 38.6 Å². The third-order valence-corrected chi connectivity index (χ3v) is 3.71. The van der Waals surface area contributed by atoms with Crippen LogP contribution in [0.5, 0.6) is 0 Å². The van der Waals surface area contributed by atoms with Crippen LogP contribution in [-0.2, 0) is 19.5 Å². The molecule has 0 aromatic carbocycles. The summed E-state index contributed by atoms with van der Waals surface area (Å²) >= 11 is -1.92.